The molecule has 15 heavy (non-hydrogen) atoms. The number of hydrogen-bond acceptors (Lipinski definition) is 4. The first-order valence-corrected chi connectivity index (χ1v) is 5.17. The summed E-state index contributed by atoms with van der Waals surface area (Å²) in [7, 11) is 0. The highest BCUT2D eigenvalue weighted by Crippen LogP contribution is 2.30. The molecule has 0 atom stereocenters. The van der Waals surface area contributed by atoms with E-state index in [4.69, 9.17) is 9.63 Å². The van der Waals surface area contributed by atoms with Gasteiger partial charge in [-0.05, 0) is 19.9 Å². The highest BCUT2D eigenvalue weighted by molar-refractivity contribution is 7.12. The number of hydrogen-bond donors (Lipinski definition) is 1. The van der Waals surface area contributed by atoms with E-state index < -0.39 is 5.97 Å². The van der Waals surface area contributed by atoms with Crippen LogP contribution in [0.4, 0.5) is 0 Å². The summed E-state index contributed by atoms with van der Waals surface area (Å²) in [6, 6.07) is 3.41. The van der Waals surface area contributed by atoms with Gasteiger partial charge in [0.05, 0.1) is 0 Å². The Morgan fingerprint density at radius 2 is 2.20 bits per heavy atom. The fraction of sp³-hybridized carbons (Fsp3) is 0.200. The molecule has 0 aromatic carbocycles. The van der Waals surface area contributed by atoms with Crippen LogP contribution >= 0.6 is 11.3 Å². The van der Waals surface area contributed by atoms with Crippen LogP contribution < -0.4 is 0 Å². The molecular formula is C10H9NO3S. The molecule has 0 radical (unpaired) electrons. The van der Waals surface area contributed by atoms with Gasteiger partial charge >= 0.3 is 5.97 Å². The lowest BCUT2D eigenvalue weighted by atomic mass is 10.2. The maximum Gasteiger partial charge on any atom is 0.358 e. The molecule has 78 valence electrons. The molecule has 0 aliphatic carbocycles. The Labute approximate surface area is 90.1 Å². The largest absolute Gasteiger partial charge is 0.476 e. The molecule has 2 rings (SSSR count). The molecule has 0 amide bonds. The molecule has 4 nitrogen and oxygen atoms in total. The second kappa shape index (κ2) is 3.51. The van der Waals surface area contributed by atoms with Crippen LogP contribution in [-0.4, -0.2) is 16.2 Å². The number of aromatic carboxylic acids is 1. The average Bonchev–Trinajstić information content (AvgIpc) is 2.71. The fourth-order valence-corrected chi connectivity index (χ4v) is 2.31. The van der Waals surface area contributed by atoms with Gasteiger partial charge < -0.3 is 9.63 Å². The Morgan fingerprint density at radius 3 is 2.67 bits per heavy atom. The third kappa shape index (κ3) is 1.78. The maximum absolute atomic E-state index is 10.6. The zero-order valence-electron chi connectivity index (χ0n) is 8.27. The number of aryl methyl sites for hydroxylation is 2. The van der Waals surface area contributed by atoms with Gasteiger partial charge in [-0.25, -0.2) is 4.79 Å². The summed E-state index contributed by atoms with van der Waals surface area (Å²) >= 11 is 1.65. The van der Waals surface area contributed by atoms with Crippen molar-refractivity contribution in [2.24, 2.45) is 0 Å². The fourth-order valence-electron chi connectivity index (χ4n) is 1.38. The van der Waals surface area contributed by atoms with Crippen LogP contribution in [0.1, 0.15) is 20.2 Å². The number of carboxylic acids is 1. The van der Waals surface area contributed by atoms with Gasteiger partial charge in [-0.15, -0.1) is 11.3 Å². The molecule has 0 fully saturated rings. The minimum Gasteiger partial charge on any atom is -0.476 e. The second-order valence-electron chi connectivity index (χ2n) is 3.21. The number of carbonyl (C=O) groups is 1. The Morgan fingerprint density at radius 1 is 1.47 bits per heavy atom. The summed E-state index contributed by atoms with van der Waals surface area (Å²) in [5.41, 5.74) is 0.853. The van der Waals surface area contributed by atoms with Crippen molar-refractivity contribution in [1.29, 1.82) is 0 Å². The van der Waals surface area contributed by atoms with Crippen molar-refractivity contribution >= 4 is 17.3 Å². The molecule has 0 bridgehead atoms. The van der Waals surface area contributed by atoms with E-state index in [9.17, 15) is 4.79 Å². The number of aromatic nitrogens is 1. The van der Waals surface area contributed by atoms with Gasteiger partial charge in [0.2, 0.25) is 0 Å². The third-order valence-corrected chi connectivity index (χ3v) is 3.00. The van der Waals surface area contributed by atoms with Crippen molar-refractivity contribution in [3.63, 3.8) is 0 Å². The van der Waals surface area contributed by atoms with Gasteiger partial charge in [-0.1, -0.05) is 5.16 Å². The van der Waals surface area contributed by atoms with Crippen LogP contribution in [0.25, 0.3) is 11.3 Å². The van der Waals surface area contributed by atoms with E-state index in [1.807, 2.05) is 19.9 Å². The predicted molar refractivity (Wildman–Crippen MR) is 56.2 cm³/mol. The Bertz CT molecular complexity index is 512. The van der Waals surface area contributed by atoms with Crippen LogP contribution in [0.3, 0.4) is 0 Å². The molecule has 0 unspecified atom stereocenters. The highest BCUT2D eigenvalue weighted by atomic mass is 32.1. The van der Waals surface area contributed by atoms with Gasteiger partial charge in [0.15, 0.2) is 11.5 Å². The van der Waals surface area contributed by atoms with Crippen molar-refractivity contribution in [2.75, 3.05) is 0 Å². The minimum atomic E-state index is -1.07. The smallest absolute Gasteiger partial charge is 0.358 e. The lowest BCUT2D eigenvalue weighted by Gasteiger charge is -1.89. The van der Waals surface area contributed by atoms with Gasteiger partial charge in [0.25, 0.3) is 0 Å². The number of carboxylic acid groups (broad SMARTS) is 1. The van der Waals surface area contributed by atoms with E-state index in [1.165, 1.54) is 6.07 Å². The molecule has 0 aliphatic rings. The summed E-state index contributed by atoms with van der Waals surface area (Å²) in [6.45, 7) is 3.96. The summed E-state index contributed by atoms with van der Waals surface area (Å²) in [6.07, 6.45) is 0. The van der Waals surface area contributed by atoms with Gasteiger partial charge in [0, 0.05) is 21.4 Å². The van der Waals surface area contributed by atoms with Crippen molar-refractivity contribution in [1.82, 2.24) is 5.16 Å². The van der Waals surface area contributed by atoms with E-state index in [0.29, 0.717) is 5.76 Å². The molecule has 0 saturated carbocycles. The highest BCUT2D eigenvalue weighted by Gasteiger charge is 2.14. The number of thiophene rings is 1. The summed E-state index contributed by atoms with van der Waals surface area (Å²) < 4.78 is 4.98. The molecule has 0 spiro atoms. The van der Waals surface area contributed by atoms with Crippen LogP contribution in [-0.2, 0) is 0 Å². The lowest BCUT2D eigenvalue weighted by Crippen LogP contribution is -1.94. The maximum atomic E-state index is 10.6. The van der Waals surface area contributed by atoms with E-state index in [1.54, 1.807) is 11.3 Å². The van der Waals surface area contributed by atoms with Crippen LogP contribution in [0.15, 0.2) is 16.7 Å². The first-order valence-electron chi connectivity index (χ1n) is 4.35. The molecule has 0 aliphatic heterocycles. The lowest BCUT2D eigenvalue weighted by molar-refractivity contribution is 0.0686. The molecule has 2 heterocycles. The van der Waals surface area contributed by atoms with Gasteiger partial charge in [0.1, 0.15) is 0 Å². The molecule has 2 aromatic heterocycles. The second-order valence-corrected chi connectivity index (χ2v) is 4.67. The average molecular weight is 223 g/mol. The monoisotopic (exact) mass is 223 g/mol. The van der Waals surface area contributed by atoms with Crippen LogP contribution in [0.2, 0.25) is 0 Å². The molecule has 2 aromatic rings. The molecule has 0 saturated heterocycles. The Kier molecular flexibility index (Phi) is 2.32. The van der Waals surface area contributed by atoms with Crippen molar-refractivity contribution < 1.29 is 14.4 Å². The topological polar surface area (TPSA) is 63.3 Å². The van der Waals surface area contributed by atoms with E-state index in [2.05, 4.69) is 5.16 Å². The quantitative estimate of drug-likeness (QED) is 0.850. The van der Waals surface area contributed by atoms with Gasteiger partial charge in [-0.3, -0.25) is 0 Å². The third-order valence-electron chi connectivity index (χ3n) is 2.04. The zero-order chi connectivity index (χ0) is 11.0. The number of nitrogens with zero attached hydrogens (tertiary/aromatic N) is 1. The summed E-state index contributed by atoms with van der Waals surface area (Å²) in [4.78, 5) is 12.9. The van der Waals surface area contributed by atoms with E-state index in [-0.39, 0.29) is 5.69 Å². The summed E-state index contributed by atoms with van der Waals surface area (Å²) in [5.74, 6) is -0.566. The zero-order valence-corrected chi connectivity index (χ0v) is 9.09. The van der Waals surface area contributed by atoms with Crippen LogP contribution in [0, 0.1) is 13.8 Å². The van der Waals surface area contributed by atoms with Crippen molar-refractivity contribution in [2.45, 2.75) is 13.8 Å². The summed E-state index contributed by atoms with van der Waals surface area (Å²) in [5, 5.41) is 12.2. The molecular weight excluding hydrogens is 214 g/mol. The van der Waals surface area contributed by atoms with Crippen molar-refractivity contribution in [3.05, 3.63) is 27.6 Å². The normalized spacial score (nSPS) is 10.5. The number of rotatable bonds is 2. The SMILES string of the molecule is Cc1cc(-c2cc(C(=O)O)no2)c(C)s1. The molecule has 5 heteroatoms. The standard InChI is InChI=1S/C10H9NO3S/c1-5-3-7(6(2)15-5)9-4-8(10(12)13)11-14-9/h3-4H,1-2H3,(H,12,13). The van der Waals surface area contributed by atoms with E-state index >= 15 is 0 Å². The van der Waals surface area contributed by atoms with Crippen molar-refractivity contribution in [3.8, 4) is 11.3 Å². The van der Waals surface area contributed by atoms with Gasteiger partial charge in [-0.2, -0.15) is 0 Å². The predicted octanol–water partition coefficient (Wildman–Crippen LogP) is 2.72. The molecule has 1 N–H and O–H groups in total. The van der Waals surface area contributed by atoms with E-state index in [0.717, 1.165) is 15.3 Å². The first-order chi connectivity index (χ1) is 7.08. The minimum absolute atomic E-state index is 0.0618. The van der Waals surface area contributed by atoms with Crippen LogP contribution in [0.5, 0.6) is 0 Å². The first kappa shape index (κ1) is 9.92. The Hall–Kier alpha value is -1.62. The Balaban J connectivity index is 2.45.